The summed E-state index contributed by atoms with van der Waals surface area (Å²) < 4.78 is 13.8. The SMILES string of the molecule is CN(C)c1cccc(-c2ccc(F)cc2)c1-c1ccccc1P(C1CCCCC1)C1CCCCC1. The lowest BCUT2D eigenvalue weighted by atomic mass is 9.92. The molecule has 0 N–H and O–H groups in total. The Labute approximate surface area is 212 Å². The Balaban J connectivity index is 1.69. The molecule has 3 aromatic carbocycles. The van der Waals surface area contributed by atoms with Crippen molar-refractivity contribution in [3.63, 3.8) is 0 Å². The smallest absolute Gasteiger partial charge is 0.123 e. The molecule has 0 unspecified atom stereocenters. The first-order valence-corrected chi connectivity index (χ1v) is 15.1. The molecule has 2 aliphatic rings. The summed E-state index contributed by atoms with van der Waals surface area (Å²) in [6, 6.07) is 23.0. The zero-order valence-corrected chi connectivity index (χ0v) is 22.2. The molecule has 0 saturated heterocycles. The Hall–Kier alpha value is -2.18. The number of hydrogen-bond donors (Lipinski definition) is 0. The van der Waals surface area contributed by atoms with E-state index < -0.39 is 0 Å². The summed E-state index contributed by atoms with van der Waals surface area (Å²) in [7, 11) is 4.05. The fraction of sp³-hybridized carbons (Fsp3) is 0.438. The molecule has 3 aromatic rings. The fourth-order valence-corrected chi connectivity index (χ4v) is 10.3. The van der Waals surface area contributed by atoms with Crippen LogP contribution in [0.25, 0.3) is 22.3 Å². The Morgan fingerprint density at radius 1 is 0.657 bits per heavy atom. The van der Waals surface area contributed by atoms with E-state index in [4.69, 9.17) is 0 Å². The van der Waals surface area contributed by atoms with Gasteiger partial charge in [-0.2, -0.15) is 0 Å². The van der Waals surface area contributed by atoms with Gasteiger partial charge in [-0.05, 0) is 77.2 Å². The van der Waals surface area contributed by atoms with Gasteiger partial charge in [0.2, 0.25) is 0 Å². The summed E-state index contributed by atoms with van der Waals surface area (Å²) in [5.41, 5.74) is 7.93. The van der Waals surface area contributed by atoms with Crippen molar-refractivity contribution in [3.8, 4) is 22.3 Å². The molecule has 2 aliphatic carbocycles. The maximum absolute atomic E-state index is 13.8. The van der Waals surface area contributed by atoms with Crippen molar-refractivity contribution in [1.29, 1.82) is 0 Å². The summed E-state index contributed by atoms with van der Waals surface area (Å²) in [4.78, 5) is 2.24. The summed E-state index contributed by atoms with van der Waals surface area (Å²) in [6.07, 6.45) is 14.0. The van der Waals surface area contributed by atoms with Crippen LogP contribution in [0.4, 0.5) is 10.1 Å². The van der Waals surface area contributed by atoms with Gasteiger partial charge in [-0.1, -0.05) is 95.0 Å². The van der Waals surface area contributed by atoms with Crippen LogP contribution in [-0.4, -0.2) is 25.4 Å². The highest BCUT2D eigenvalue weighted by atomic mass is 31.1. The normalized spacial score (nSPS) is 17.6. The molecule has 0 heterocycles. The topological polar surface area (TPSA) is 3.24 Å². The zero-order valence-electron chi connectivity index (χ0n) is 21.3. The molecule has 5 rings (SSSR count). The van der Waals surface area contributed by atoms with Crippen LogP contribution in [-0.2, 0) is 0 Å². The molecule has 184 valence electrons. The zero-order chi connectivity index (χ0) is 24.2. The maximum Gasteiger partial charge on any atom is 0.123 e. The predicted molar refractivity (Wildman–Crippen MR) is 152 cm³/mol. The molecule has 2 saturated carbocycles. The highest BCUT2D eigenvalue weighted by molar-refractivity contribution is 7.67. The molecule has 35 heavy (non-hydrogen) atoms. The van der Waals surface area contributed by atoms with Crippen LogP contribution in [0.15, 0.2) is 66.7 Å². The molecular formula is C32H39FNP. The second-order valence-electron chi connectivity index (χ2n) is 10.6. The van der Waals surface area contributed by atoms with Crippen LogP contribution in [0.3, 0.4) is 0 Å². The summed E-state index contributed by atoms with van der Waals surface area (Å²) in [6.45, 7) is 0. The standard InChI is InChI=1S/C32H39FNP/c1-34(2)30-18-11-17-28(24-20-22-25(33)23-21-24)32(30)29-16-9-10-19-31(29)35(26-12-5-3-6-13-26)27-14-7-4-8-15-27/h9-11,16-23,26-27H,3-8,12-15H2,1-2H3. The third-order valence-electron chi connectivity index (χ3n) is 8.07. The lowest BCUT2D eigenvalue weighted by Crippen LogP contribution is -2.27. The van der Waals surface area contributed by atoms with E-state index in [1.165, 1.54) is 86.6 Å². The molecule has 0 aliphatic heterocycles. The third-order valence-corrected chi connectivity index (χ3v) is 11.6. The van der Waals surface area contributed by atoms with Crippen molar-refractivity contribution < 1.29 is 4.39 Å². The van der Waals surface area contributed by atoms with Gasteiger partial charge in [0.05, 0.1) is 0 Å². The molecule has 0 bridgehead atoms. The van der Waals surface area contributed by atoms with E-state index in [2.05, 4.69) is 61.5 Å². The Morgan fingerprint density at radius 3 is 1.83 bits per heavy atom. The van der Waals surface area contributed by atoms with Crippen LogP contribution >= 0.6 is 7.92 Å². The first-order valence-electron chi connectivity index (χ1n) is 13.6. The van der Waals surface area contributed by atoms with Crippen LogP contribution < -0.4 is 10.2 Å². The lowest BCUT2D eigenvalue weighted by molar-refractivity contribution is 0.487. The van der Waals surface area contributed by atoms with E-state index >= 15 is 0 Å². The maximum atomic E-state index is 13.8. The summed E-state index contributed by atoms with van der Waals surface area (Å²) >= 11 is 0. The average Bonchev–Trinajstić information content (AvgIpc) is 2.90. The molecule has 0 amide bonds. The van der Waals surface area contributed by atoms with E-state index in [9.17, 15) is 4.39 Å². The van der Waals surface area contributed by atoms with Crippen LogP contribution in [0.1, 0.15) is 64.2 Å². The minimum atomic E-state index is -0.233. The molecule has 0 radical (unpaired) electrons. The van der Waals surface area contributed by atoms with Gasteiger partial charge in [0, 0.05) is 25.3 Å². The number of halogens is 1. The monoisotopic (exact) mass is 487 g/mol. The first kappa shape index (κ1) is 24.5. The largest absolute Gasteiger partial charge is 0.377 e. The minimum absolute atomic E-state index is 0.183. The summed E-state index contributed by atoms with van der Waals surface area (Å²) in [5, 5.41) is 1.61. The molecule has 1 nitrogen and oxygen atoms in total. The van der Waals surface area contributed by atoms with Gasteiger partial charge in [-0.25, -0.2) is 4.39 Å². The number of rotatable bonds is 6. The second kappa shape index (κ2) is 11.3. The van der Waals surface area contributed by atoms with E-state index in [1.807, 2.05) is 12.1 Å². The number of benzene rings is 3. The van der Waals surface area contributed by atoms with Crippen LogP contribution in [0.5, 0.6) is 0 Å². The molecular weight excluding hydrogens is 448 g/mol. The van der Waals surface area contributed by atoms with Crippen molar-refractivity contribution in [2.45, 2.75) is 75.5 Å². The van der Waals surface area contributed by atoms with Gasteiger partial charge < -0.3 is 4.90 Å². The van der Waals surface area contributed by atoms with Crippen molar-refractivity contribution in [2.24, 2.45) is 0 Å². The van der Waals surface area contributed by atoms with E-state index in [-0.39, 0.29) is 13.7 Å². The number of anilines is 1. The third kappa shape index (κ3) is 5.34. The van der Waals surface area contributed by atoms with Gasteiger partial charge in [0.25, 0.3) is 0 Å². The Morgan fingerprint density at radius 2 is 1.23 bits per heavy atom. The number of nitrogens with zero attached hydrogens (tertiary/aromatic N) is 1. The van der Waals surface area contributed by atoms with Gasteiger partial charge in [-0.15, -0.1) is 0 Å². The van der Waals surface area contributed by atoms with Gasteiger partial charge in [0.15, 0.2) is 0 Å². The van der Waals surface area contributed by atoms with Crippen molar-refractivity contribution in [1.82, 2.24) is 0 Å². The van der Waals surface area contributed by atoms with Gasteiger partial charge in [-0.3, -0.25) is 0 Å². The quantitative estimate of drug-likeness (QED) is 0.314. The minimum Gasteiger partial charge on any atom is -0.377 e. The van der Waals surface area contributed by atoms with E-state index in [0.717, 1.165) is 16.9 Å². The van der Waals surface area contributed by atoms with Crippen molar-refractivity contribution in [3.05, 3.63) is 72.5 Å². The van der Waals surface area contributed by atoms with Crippen LogP contribution in [0, 0.1) is 5.82 Å². The molecule has 0 aromatic heterocycles. The van der Waals surface area contributed by atoms with E-state index in [1.54, 1.807) is 17.4 Å². The Kier molecular flexibility index (Phi) is 7.88. The predicted octanol–water partition coefficient (Wildman–Crippen LogP) is 9.00. The van der Waals surface area contributed by atoms with Gasteiger partial charge in [0.1, 0.15) is 5.82 Å². The molecule has 2 fully saturated rings. The van der Waals surface area contributed by atoms with Crippen LogP contribution in [0.2, 0.25) is 0 Å². The fourth-order valence-electron chi connectivity index (χ4n) is 6.39. The molecule has 3 heteroatoms. The highest BCUT2D eigenvalue weighted by Crippen LogP contribution is 2.57. The lowest BCUT2D eigenvalue weighted by Gasteiger charge is -2.40. The Bertz CT molecular complexity index is 1090. The van der Waals surface area contributed by atoms with Crippen molar-refractivity contribution in [2.75, 3.05) is 19.0 Å². The van der Waals surface area contributed by atoms with E-state index in [0.29, 0.717) is 0 Å². The number of hydrogen-bond acceptors (Lipinski definition) is 1. The molecule has 0 atom stereocenters. The van der Waals surface area contributed by atoms with Gasteiger partial charge >= 0.3 is 0 Å². The highest BCUT2D eigenvalue weighted by Gasteiger charge is 2.34. The molecule has 0 spiro atoms. The second-order valence-corrected chi connectivity index (χ2v) is 13.4. The summed E-state index contributed by atoms with van der Waals surface area (Å²) in [5.74, 6) is -0.183. The first-order chi connectivity index (χ1) is 17.1. The average molecular weight is 488 g/mol. The van der Waals surface area contributed by atoms with Crippen molar-refractivity contribution >= 4 is 18.9 Å².